The molecule has 136 valence electrons. The largest absolute Gasteiger partial charge is 0.357 e. The van der Waals surface area contributed by atoms with Gasteiger partial charge in [-0.1, -0.05) is 12.1 Å². The standard InChI is InChI=1S/C17H21N7O2/c1-3-18-17(20-10-14-21-11-22-23(14)2)19-8-9-24-15(25)12-6-4-5-7-13(12)16(24)26/h4-7,11H,3,8-10H2,1-2H3,(H2,18,19,20). The van der Waals surface area contributed by atoms with E-state index in [2.05, 4.69) is 25.7 Å². The number of carbonyl (C=O) groups excluding carboxylic acids is 2. The summed E-state index contributed by atoms with van der Waals surface area (Å²) in [6, 6.07) is 6.87. The van der Waals surface area contributed by atoms with Gasteiger partial charge in [0, 0.05) is 26.7 Å². The highest BCUT2D eigenvalue weighted by molar-refractivity contribution is 6.21. The number of hydrogen-bond donors (Lipinski definition) is 2. The lowest BCUT2D eigenvalue weighted by Crippen LogP contribution is -2.43. The number of aromatic nitrogens is 3. The lowest BCUT2D eigenvalue weighted by molar-refractivity contribution is 0.0657. The first-order valence-corrected chi connectivity index (χ1v) is 8.42. The van der Waals surface area contributed by atoms with E-state index in [-0.39, 0.29) is 18.4 Å². The lowest BCUT2D eigenvalue weighted by atomic mass is 10.1. The predicted octanol–water partition coefficient (Wildman–Crippen LogP) is 0.166. The van der Waals surface area contributed by atoms with Gasteiger partial charge < -0.3 is 10.6 Å². The van der Waals surface area contributed by atoms with E-state index < -0.39 is 0 Å². The number of amides is 2. The molecule has 0 unspecified atom stereocenters. The molecule has 2 N–H and O–H groups in total. The minimum absolute atomic E-state index is 0.256. The summed E-state index contributed by atoms with van der Waals surface area (Å²) in [6.45, 7) is 3.69. The van der Waals surface area contributed by atoms with E-state index in [1.807, 2.05) is 6.92 Å². The number of imide groups is 1. The number of fused-ring (bicyclic) bond motifs is 1. The van der Waals surface area contributed by atoms with Gasteiger partial charge in [0.25, 0.3) is 11.8 Å². The Balaban J connectivity index is 1.58. The monoisotopic (exact) mass is 355 g/mol. The van der Waals surface area contributed by atoms with Crippen LogP contribution in [0.5, 0.6) is 0 Å². The van der Waals surface area contributed by atoms with E-state index in [0.717, 1.165) is 5.82 Å². The molecule has 9 heteroatoms. The summed E-state index contributed by atoms with van der Waals surface area (Å²) in [5.41, 5.74) is 0.917. The number of aryl methyl sites for hydroxylation is 1. The number of rotatable bonds is 6. The van der Waals surface area contributed by atoms with Gasteiger partial charge in [-0.3, -0.25) is 19.2 Å². The highest BCUT2D eigenvalue weighted by Crippen LogP contribution is 2.21. The Labute approximate surface area is 151 Å². The van der Waals surface area contributed by atoms with Gasteiger partial charge in [0.05, 0.1) is 11.1 Å². The van der Waals surface area contributed by atoms with Gasteiger partial charge in [-0.15, -0.1) is 0 Å². The molecule has 0 bridgehead atoms. The molecule has 1 aromatic heterocycles. The molecule has 1 aliphatic rings. The molecule has 0 atom stereocenters. The highest BCUT2D eigenvalue weighted by Gasteiger charge is 2.34. The van der Waals surface area contributed by atoms with Gasteiger partial charge in [0.2, 0.25) is 0 Å². The molecule has 2 aromatic rings. The van der Waals surface area contributed by atoms with Crippen LogP contribution in [0.3, 0.4) is 0 Å². The van der Waals surface area contributed by atoms with Crippen molar-refractivity contribution in [2.24, 2.45) is 12.0 Å². The van der Waals surface area contributed by atoms with Crippen molar-refractivity contribution in [1.82, 2.24) is 30.3 Å². The second kappa shape index (κ2) is 7.77. The molecule has 0 spiro atoms. The van der Waals surface area contributed by atoms with E-state index in [1.165, 1.54) is 11.2 Å². The van der Waals surface area contributed by atoms with Crippen LogP contribution in [-0.2, 0) is 13.6 Å². The Morgan fingerprint density at radius 3 is 2.42 bits per heavy atom. The Kier molecular flexibility index (Phi) is 5.26. The van der Waals surface area contributed by atoms with Crippen molar-refractivity contribution < 1.29 is 9.59 Å². The minimum Gasteiger partial charge on any atom is -0.357 e. The quantitative estimate of drug-likeness (QED) is 0.435. The second-order valence-electron chi connectivity index (χ2n) is 5.73. The second-order valence-corrected chi connectivity index (χ2v) is 5.73. The number of nitrogens with one attached hydrogen (secondary N) is 2. The minimum atomic E-state index is -0.256. The Bertz CT molecular complexity index is 808. The summed E-state index contributed by atoms with van der Waals surface area (Å²) in [6.07, 6.45) is 1.48. The molecule has 0 fully saturated rings. The number of carbonyl (C=O) groups is 2. The average Bonchev–Trinajstić information content (AvgIpc) is 3.16. The van der Waals surface area contributed by atoms with Crippen LogP contribution in [0.2, 0.25) is 0 Å². The summed E-state index contributed by atoms with van der Waals surface area (Å²) in [5, 5.41) is 10.3. The van der Waals surface area contributed by atoms with Crippen LogP contribution in [0.1, 0.15) is 33.5 Å². The van der Waals surface area contributed by atoms with E-state index in [9.17, 15) is 9.59 Å². The van der Waals surface area contributed by atoms with E-state index in [4.69, 9.17) is 0 Å². The van der Waals surface area contributed by atoms with Crippen molar-refractivity contribution in [2.75, 3.05) is 19.6 Å². The lowest BCUT2D eigenvalue weighted by Gasteiger charge is -2.16. The summed E-state index contributed by atoms with van der Waals surface area (Å²) >= 11 is 0. The number of benzene rings is 1. The maximum absolute atomic E-state index is 12.3. The van der Waals surface area contributed by atoms with Gasteiger partial charge >= 0.3 is 0 Å². The molecule has 3 rings (SSSR count). The van der Waals surface area contributed by atoms with Crippen LogP contribution >= 0.6 is 0 Å². The Morgan fingerprint density at radius 2 is 1.85 bits per heavy atom. The zero-order valence-corrected chi connectivity index (χ0v) is 14.8. The van der Waals surface area contributed by atoms with Crippen LogP contribution in [0.15, 0.2) is 35.6 Å². The van der Waals surface area contributed by atoms with Crippen molar-refractivity contribution in [3.05, 3.63) is 47.5 Å². The third kappa shape index (κ3) is 3.56. The number of nitrogens with zero attached hydrogens (tertiary/aromatic N) is 5. The van der Waals surface area contributed by atoms with Crippen LogP contribution in [0, 0.1) is 0 Å². The fraction of sp³-hybridized carbons (Fsp3) is 0.353. The molecule has 26 heavy (non-hydrogen) atoms. The maximum Gasteiger partial charge on any atom is 0.261 e. The van der Waals surface area contributed by atoms with E-state index >= 15 is 0 Å². The first kappa shape index (κ1) is 17.6. The van der Waals surface area contributed by atoms with Crippen LogP contribution < -0.4 is 10.6 Å². The van der Waals surface area contributed by atoms with Crippen LogP contribution in [0.25, 0.3) is 0 Å². The normalized spacial score (nSPS) is 13.9. The van der Waals surface area contributed by atoms with Crippen molar-refractivity contribution in [1.29, 1.82) is 0 Å². The number of guanidine groups is 1. The maximum atomic E-state index is 12.3. The topological polar surface area (TPSA) is 105 Å². The van der Waals surface area contributed by atoms with Gasteiger partial charge in [-0.25, -0.2) is 9.98 Å². The van der Waals surface area contributed by atoms with Crippen LogP contribution in [-0.4, -0.2) is 57.1 Å². The smallest absolute Gasteiger partial charge is 0.261 e. The molecular weight excluding hydrogens is 334 g/mol. The fourth-order valence-corrected chi connectivity index (χ4v) is 2.68. The van der Waals surface area contributed by atoms with Crippen molar-refractivity contribution in [3.63, 3.8) is 0 Å². The SMILES string of the molecule is CCNC(=NCc1ncnn1C)NCCN1C(=O)c2ccccc2C1=O. The van der Waals surface area contributed by atoms with Gasteiger partial charge in [-0.2, -0.15) is 5.10 Å². The van der Waals surface area contributed by atoms with Crippen molar-refractivity contribution in [2.45, 2.75) is 13.5 Å². The molecule has 2 amide bonds. The molecule has 0 saturated carbocycles. The third-order valence-corrected chi connectivity index (χ3v) is 4.03. The third-order valence-electron chi connectivity index (χ3n) is 4.03. The average molecular weight is 355 g/mol. The molecule has 1 aromatic carbocycles. The molecule has 0 radical (unpaired) electrons. The number of aliphatic imine (C=N–C) groups is 1. The highest BCUT2D eigenvalue weighted by atomic mass is 16.2. The molecule has 0 aliphatic carbocycles. The fourth-order valence-electron chi connectivity index (χ4n) is 2.68. The Hall–Kier alpha value is -3.23. The molecule has 0 saturated heterocycles. The summed E-state index contributed by atoms with van der Waals surface area (Å²) in [4.78, 5) is 34.5. The molecular formula is C17H21N7O2. The Morgan fingerprint density at radius 1 is 1.15 bits per heavy atom. The predicted molar refractivity (Wildman–Crippen MR) is 95.6 cm³/mol. The van der Waals surface area contributed by atoms with E-state index in [1.54, 1.807) is 36.0 Å². The summed E-state index contributed by atoms with van der Waals surface area (Å²) in [5.74, 6) is 0.816. The first-order valence-electron chi connectivity index (χ1n) is 8.42. The summed E-state index contributed by atoms with van der Waals surface area (Å²) in [7, 11) is 1.81. The van der Waals surface area contributed by atoms with Crippen LogP contribution in [0.4, 0.5) is 0 Å². The summed E-state index contributed by atoms with van der Waals surface area (Å²) < 4.78 is 1.66. The zero-order chi connectivity index (χ0) is 18.5. The van der Waals surface area contributed by atoms with E-state index in [0.29, 0.717) is 36.7 Å². The molecule has 9 nitrogen and oxygen atoms in total. The van der Waals surface area contributed by atoms with Gasteiger partial charge in [-0.05, 0) is 19.1 Å². The number of hydrogen-bond acceptors (Lipinski definition) is 5. The molecule has 2 heterocycles. The van der Waals surface area contributed by atoms with Crippen molar-refractivity contribution >= 4 is 17.8 Å². The first-order chi connectivity index (χ1) is 12.6. The zero-order valence-electron chi connectivity index (χ0n) is 14.8. The van der Waals surface area contributed by atoms with Gasteiger partial charge in [0.15, 0.2) is 5.96 Å². The molecule has 1 aliphatic heterocycles. The van der Waals surface area contributed by atoms with Gasteiger partial charge in [0.1, 0.15) is 18.7 Å². The van der Waals surface area contributed by atoms with Crippen molar-refractivity contribution in [3.8, 4) is 0 Å².